The summed E-state index contributed by atoms with van der Waals surface area (Å²) < 4.78 is 0. The zero-order chi connectivity index (χ0) is 9.31. The zero-order valence-corrected chi connectivity index (χ0v) is 8.76. The molecule has 2 fully saturated rings. The number of nitrogens with two attached hydrogens (primary N) is 1. The van der Waals surface area contributed by atoms with Gasteiger partial charge in [0.2, 0.25) is 0 Å². The second-order valence-electron chi connectivity index (χ2n) is 5.18. The van der Waals surface area contributed by atoms with Crippen LogP contribution >= 0.6 is 0 Å². The molecule has 0 aromatic carbocycles. The SMILES string of the molecule is CC(CN1CCCC1)CC1(N)CC1. The molecule has 1 saturated carbocycles. The van der Waals surface area contributed by atoms with Gasteiger partial charge in [-0.05, 0) is 51.1 Å². The maximum absolute atomic E-state index is 6.10. The lowest BCUT2D eigenvalue weighted by atomic mass is 10.0. The van der Waals surface area contributed by atoms with Gasteiger partial charge >= 0.3 is 0 Å². The first-order valence-corrected chi connectivity index (χ1v) is 5.69. The number of likely N-dealkylation sites (tertiary alicyclic amines) is 1. The Kier molecular flexibility index (Phi) is 2.61. The summed E-state index contributed by atoms with van der Waals surface area (Å²) in [6, 6.07) is 0. The summed E-state index contributed by atoms with van der Waals surface area (Å²) in [4.78, 5) is 2.59. The van der Waals surface area contributed by atoms with Crippen molar-refractivity contribution in [2.45, 2.75) is 44.6 Å². The molecule has 1 heterocycles. The summed E-state index contributed by atoms with van der Waals surface area (Å²) in [6.45, 7) is 6.27. The van der Waals surface area contributed by atoms with Crippen LogP contribution in [0, 0.1) is 5.92 Å². The molecule has 0 radical (unpaired) electrons. The molecule has 0 amide bonds. The third-order valence-corrected chi connectivity index (χ3v) is 3.42. The topological polar surface area (TPSA) is 29.3 Å². The van der Waals surface area contributed by atoms with E-state index in [1.165, 1.54) is 51.7 Å². The molecule has 2 heteroatoms. The van der Waals surface area contributed by atoms with Crippen LogP contribution in [-0.4, -0.2) is 30.1 Å². The average Bonchev–Trinajstić information content (AvgIpc) is 2.61. The van der Waals surface area contributed by atoms with Gasteiger partial charge in [-0.3, -0.25) is 0 Å². The van der Waals surface area contributed by atoms with E-state index in [-0.39, 0.29) is 5.54 Å². The monoisotopic (exact) mass is 182 g/mol. The first-order chi connectivity index (χ1) is 6.18. The predicted molar refractivity (Wildman–Crippen MR) is 55.6 cm³/mol. The lowest BCUT2D eigenvalue weighted by Crippen LogP contribution is -2.31. The lowest BCUT2D eigenvalue weighted by Gasteiger charge is -2.22. The standard InChI is InChI=1S/C11H22N2/c1-10(8-11(12)4-5-11)9-13-6-2-3-7-13/h10H,2-9,12H2,1H3. The van der Waals surface area contributed by atoms with E-state index in [0.29, 0.717) is 0 Å². The first-order valence-electron chi connectivity index (χ1n) is 5.69. The van der Waals surface area contributed by atoms with Gasteiger partial charge in [0.15, 0.2) is 0 Å². The highest BCUT2D eigenvalue weighted by molar-refractivity contribution is 4.99. The molecular formula is C11H22N2. The van der Waals surface area contributed by atoms with Crippen molar-refractivity contribution in [3.05, 3.63) is 0 Å². The number of hydrogen-bond donors (Lipinski definition) is 1. The molecule has 2 nitrogen and oxygen atoms in total. The molecule has 0 aromatic rings. The Morgan fingerprint density at radius 1 is 1.31 bits per heavy atom. The van der Waals surface area contributed by atoms with Gasteiger partial charge in [0.05, 0.1) is 0 Å². The Morgan fingerprint density at radius 3 is 2.46 bits per heavy atom. The number of hydrogen-bond acceptors (Lipinski definition) is 2. The van der Waals surface area contributed by atoms with Crippen LogP contribution in [0.25, 0.3) is 0 Å². The zero-order valence-electron chi connectivity index (χ0n) is 8.76. The van der Waals surface area contributed by atoms with Crippen molar-refractivity contribution in [1.82, 2.24) is 4.90 Å². The quantitative estimate of drug-likeness (QED) is 0.715. The van der Waals surface area contributed by atoms with Gasteiger partial charge in [-0.25, -0.2) is 0 Å². The third kappa shape index (κ3) is 2.68. The van der Waals surface area contributed by atoms with Crippen molar-refractivity contribution in [2.75, 3.05) is 19.6 Å². The Hall–Kier alpha value is -0.0800. The van der Waals surface area contributed by atoms with Crippen molar-refractivity contribution in [3.8, 4) is 0 Å². The van der Waals surface area contributed by atoms with Crippen LogP contribution in [0.4, 0.5) is 0 Å². The van der Waals surface area contributed by atoms with Gasteiger partial charge in [-0.1, -0.05) is 6.92 Å². The second-order valence-corrected chi connectivity index (χ2v) is 5.18. The molecule has 2 rings (SSSR count). The Labute approximate surface area is 81.5 Å². The van der Waals surface area contributed by atoms with Gasteiger partial charge in [-0.2, -0.15) is 0 Å². The molecule has 2 aliphatic rings. The second kappa shape index (κ2) is 3.58. The molecule has 1 atom stereocenters. The summed E-state index contributed by atoms with van der Waals surface area (Å²) in [5, 5.41) is 0. The number of nitrogens with zero attached hydrogens (tertiary/aromatic N) is 1. The van der Waals surface area contributed by atoms with Gasteiger partial charge in [0.1, 0.15) is 0 Å². The molecule has 76 valence electrons. The molecule has 1 aliphatic carbocycles. The predicted octanol–water partition coefficient (Wildman–Crippen LogP) is 1.60. The summed E-state index contributed by atoms with van der Waals surface area (Å²) in [5.41, 5.74) is 6.35. The minimum atomic E-state index is 0.249. The van der Waals surface area contributed by atoms with Gasteiger partial charge in [0, 0.05) is 12.1 Å². The Balaban J connectivity index is 1.68. The molecule has 1 unspecified atom stereocenters. The third-order valence-electron chi connectivity index (χ3n) is 3.42. The van der Waals surface area contributed by atoms with Gasteiger partial charge < -0.3 is 10.6 Å². The van der Waals surface area contributed by atoms with Crippen LogP contribution < -0.4 is 5.73 Å². The van der Waals surface area contributed by atoms with Crippen molar-refractivity contribution in [1.29, 1.82) is 0 Å². The fourth-order valence-electron chi connectivity index (χ4n) is 2.53. The van der Waals surface area contributed by atoms with Crippen LogP contribution in [0.5, 0.6) is 0 Å². The summed E-state index contributed by atoms with van der Waals surface area (Å²) in [6.07, 6.45) is 6.57. The summed E-state index contributed by atoms with van der Waals surface area (Å²) in [7, 11) is 0. The van der Waals surface area contributed by atoms with E-state index in [9.17, 15) is 0 Å². The largest absolute Gasteiger partial charge is 0.325 e. The number of rotatable bonds is 4. The van der Waals surface area contributed by atoms with Crippen LogP contribution in [0.3, 0.4) is 0 Å². The minimum absolute atomic E-state index is 0.249. The van der Waals surface area contributed by atoms with E-state index in [0.717, 1.165) is 5.92 Å². The molecule has 1 aliphatic heterocycles. The van der Waals surface area contributed by atoms with E-state index in [1.54, 1.807) is 0 Å². The molecule has 1 saturated heterocycles. The fraction of sp³-hybridized carbons (Fsp3) is 1.00. The molecule has 13 heavy (non-hydrogen) atoms. The average molecular weight is 182 g/mol. The first kappa shape index (κ1) is 9.47. The molecule has 0 spiro atoms. The minimum Gasteiger partial charge on any atom is -0.325 e. The van der Waals surface area contributed by atoms with E-state index in [1.807, 2.05) is 0 Å². The van der Waals surface area contributed by atoms with Crippen molar-refractivity contribution < 1.29 is 0 Å². The Morgan fingerprint density at radius 2 is 1.92 bits per heavy atom. The molecule has 0 bridgehead atoms. The van der Waals surface area contributed by atoms with Gasteiger partial charge in [-0.15, -0.1) is 0 Å². The molecule has 0 aromatic heterocycles. The van der Waals surface area contributed by atoms with E-state index < -0.39 is 0 Å². The highest BCUT2D eigenvalue weighted by Crippen LogP contribution is 2.38. The van der Waals surface area contributed by atoms with Crippen molar-refractivity contribution in [3.63, 3.8) is 0 Å². The summed E-state index contributed by atoms with van der Waals surface area (Å²) >= 11 is 0. The van der Waals surface area contributed by atoms with Crippen LogP contribution in [0.15, 0.2) is 0 Å². The normalized spacial score (nSPS) is 29.1. The van der Waals surface area contributed by atoms with Crippen molar-refractivity contribution in [2.24, 2.45) is 11.7 Å². The van der Waals surface area contributed by atoms with E-state index in [2.05, 4.69) is 11.8 Å². The highest BCUT2D eigenvalue weighted by atomic mass is 15.1. The summed E-state index contributed by atoms with van der Waals surface area (Å²) in [5.74, 6) is 0.797. The smallest absolute Gasteiger partial charge is 0.0158 e. The Bertz CT molecular complexity index is 169. The van der Waals surface area contributed by atoms with Crippen LogP contribution in [0.2, 0.25) is 0 Å². The van der Waals surface area contributed by atoms with Crippen LogP contribution in [-0.2, 0) is 0 Å². The lowest BCUT2D eigenvalue weighted by molar-refractivity contribution is 0.268. The van der Waals surface area contributed by atoms with Crippen molar-refractivity contribution >= 4 is 0 Å². The van der Waals surface area contributed by atoms with Crippen LogP contribution in [0.1, 0.15) is 39.0 Å². The molecule has 2 N–H and O–H groups in total. The van der Waals surface area contributed by atoms with Gasteiger partial charge in [0.25, 0.3) is 0 Å². The van der Waals surface area contributed by atoms with E-state index >= 15 is 0 Å². The maximum atomic E-state index is 6.10. The molecular weight excluding hydrogens is 160 g/mol. The van der Waals surface area contributed by atoms with E-state index in [4.69, 9.17) is 5.73 Å². The fourth-order valence-corrected chi connectivity index (χ4v) is 2.53. The highest BCUT2D eigenvalue weighted by Gasteiger charge is 2.39. The maximum Gasteiger partial charge on any atom is 0.0158 e.